The fourth-order valence-electron chi connectivity index (χ4n) is 4.64. The Balaban J connectivity index is 1.35. The van der Waals surface area contributed by atoms with Crippen LogP contribution in [0.3, 0.4) is 0 Å². The average molecular weight is 448 g/mol. The first-order valence-corrected chi connectivity index (χ1v) is 10.9. The molecule has 0 bridgehead atoms. The number of methoxy groups -OCH3 is 1. The summed E-state index contributed by atoms with van der Waals surface area (Å²) in [7, 11) is 1.64. The van der Waals surface area contributed by atoms with Crippen LogP contribution in [0.2, 0.25) is 0 Å². The Kier molecular flexibility index (Phi) is 5.98. The van der Waals surface area contributed by atoms with Gasteiger partial charge in [0, 0.05) is 17.4 Å². The molecule has 2 fully saturated rings. The molecule has 4 unspecified atom stereocenters. The van der Waals surface area contributed by atoms with Crippen LogP contribution in [0.1, 0.15) is 35.1 Å². The van der Waals surface area contributed by atoms with E-state index >= 15 is 0 Å². The van der Waals surface area contributed by atoms with Crippen molar-refractivity contribution in [1.82, 2.24) is 10.9 Å². The number of carbonyl (C=O) groups is 1. The lowest BCUT2D eigenvalue weighted by Crippen LogP contribution is -2.42. The Morgan fingerprint density at radius 1 is 0.939 bits per heavy atom. The van der Waals surface area contributed by atoms with Gasteiger partial charge in [0.05, 0.1) is 19.6 Å². The number of rotatable bonds is 6. The second kappa shape index (κ2) is 9.21. The van der Waals surface area contributed by atoms with Gasteiger partial charge in [-0.2, -0.15) is 0 Å². The molecule has 0 radical (unpaired) electrons. The third-order valence-corrected chi connectivity index (χ3v) is 6.36. The van der Waals surface area contributed by atoms with Gasteiger partial charge in [-0.25, -0.2) is 15.2 Å². The van der Waals surface area contributed by atoms with Gasteiger partial charge in [-0.1, -0.05) is 42.5 Å². The minimum atomic E-state index is -0.416. The predicted octanol–water partition coefficient (Wildman–Crippen LogP) is 4.24. The Labute approximate surface area is 191 Å². The van der Waals surface area contributed by atoms with Crippen LogP contribution in [0.5, 0.6) is 11.5 Å². The van der Waals surface area contributed by atoms with E-state index in [1.165, 1.54) is 6.07 Å². The van der Waals surface area contributed by atoms with Crippen molar-refractivity contribution in [3.63, 3.8) is 0 Å². The predicted molar refractivity (Wildman–Crippen MR) is 120 cm³/mol. The normalized spacial score (nSPS) is 24.1. The molecule has 2 aliphatic heterocycles. The molecule has 7 heteroatoms. The number of hydrazine groups is 1. The minimum absolute atomic E-state index is 0.0151. The summed E-state index contributed by atoms with van der Waals surface area (Å²) in [5, 5.41) is 0. The van der Waals surface area contributed by atoms with Crippen molar-refractivity contribution in [3.8, 4) is 11.5 Å². The SMILES string of the molecule is COc1ccc(C2NNC3OC(=O)CC(c4ccc(OCc5ccccc5F)cc4)C32)cc1. The van der Waals surface area contributed by atoms with Crippen LogP contribution in [0.25, 0.3) is 0 Å². The Morgan fingerprint density at radius 3 is 2.36 bits per heavy atom. The molecule has 0 amide bonds. The number of carbonyl (C=O) groups excluding carboxylic acids is 1. The number of nitrogens with one attached hydrogen (secondary N) is 2. The summed E-state index contributed by atoms with van der Waals surface area (Å²) in [4.78, 5) is 12.3. The lowest BCUT2D eigenvalue weighted by atomic mass is 9.76. The monoisotopic (exact) mass is 448 g/mol. The molecule has 3 aromatic carbocycles. The molecule has 2 aliphatic rings. The smallest absolute Gasteiger partial charge is 0.308 e. The zero-order chi connectivity index (χ0) is 22.8. The summed E-state index contributed by atoms with van der Waals surface area (Å²) in [5.74, 6) is 0.899. The number of halogens is 1. The quantitative estimate of drug-likeness (QED) is 0.550. The number of hydrogen-bond donors (Lipinski definition) is 2. The second-order valence-corrected chi connectivity index (χ2v) is 8.29. The summed E-state index contributed by atoms with van der Waals surface area (Å²) in [6.45, 7) is 0.153. The van der Waals surface area contributed by atoms with E-state index in [-0.39, 0.29) is 36.3 Å². The first-order valence-electron chi connectivity index (χ1n) is 10.9. The molecule has 0 aliphatic carbocycles. The van der Waals surface area contributed by atoms with E-state index in [1.54, 1.807) is 25.3 Å². The first kappa shape index (κ1) is 21.4. The summed E-state index contributed by atoms with van der Waals surface area (Å²) >= 11 is 0. The molecule has 0 saturated carbocycles. The Morgan fingerprint density at radius 2 is 1.64 bits per heavy atom. The van der Waals surface area contributed by atoms with E-state index in [0.717, 1.165) is 16.9 Å². The number of hydrogen-bond acceptors (Lipinski definition) is 6. The summed E-state index contributed by atoms with van der Waals surface area (Å²) in [6, 6.07) is 22.1. The van der Waals surface area contributed by atoms with Gasteiger partial charge >= 0.3 is 5.97 Å². The van der Waals surface area contributed by atoms with Crippen molar-refractivity contribution in [1.29, 1.82) is 0 Å². The molecule has 6 nitrogen and oxygen atoms in total. The van der Waals surface area contributed by atoms with E-state index < -0.39 is 6.23 Å². The van der Waals surface area contributed by atoms with Gasteiger partial charge in [-0.05, 0) is 41.5 Å². The van der Waals surface area contributed by atoms with Crippen molar-refractivity contribution in [2.45, 2.75) is 31.2 Å². The van der Waals surface area contributed by atoms with Crippen molar-refractivity contribution in [2.24, 2.45) is 5.92 Å². The maximum Gasteiger partial charge on any atom is 0.308 e. The van der Waals surface area contributed by atoms with Crippen molar-refractivity contribution >= 4 is 5.97 Å². The molecule has 4 atom stereocenters. The third kappa shape index (κ3) is 4.42. The maximum absolute atomic E-state index is 13.8. The standard InChI is InChI=1S/C26H25FN2O4/c1-31-19-10-8-17(9-11-19)25-24-21(14-23(30)33-26(24)29-28-25)16-6-12-20(13-7-16)32-15-18-4-2-3-5-22(18)27/h2-13,21,24-26,28-29H,14-15H2,1H3. The maximum atomic E-state index is 13.8. The highest BCUT2D eigenvalue weighted by Gasteiger charge is 2.48. The summed E-state index contributed by atoms with van der Waals surface area (Å²) < 4.78 is 30.5. The molecular formula is C26H25FN2O4. The topological polar surface area (TPSA) is 68.8 Å². The van der Waals surface area contributed by atoms with E-state index in [4.69, 9.17) is 14.2 Å². The number of benzene rings is 3. The van der Waals surface area contributed by atoms with Gasteiger partial charge in [-0.3, -0.25) is 4.79 Å². The highest BCUT2D eigenvalue weighted by Crippen LogP contribution is 2.45. The number of ether oxygens (including phenoxy) is 3. The van der Waals surface area contributed by atoms with Crippen LogP contribution in [0.15, 0.2) is 72.8 Å². The van der Waals surface area contributed by atoms with Crippen molar-refractivity contribution in [2.75, 3.05) is 7.11 Å². The molecule has 170 valence electrons. The van der Waals surface area contributed by atoms with Crippen LogP contribution in [0.4, 0.5) is 4.39 Å². The zero-order valence-electron chi connectivity index (χ0n) is 18.2. The minimum Gasteiger partial charge on any atom is -0.497 e. The molecule has 5 rings (SSSR count). The first-order chi connectivity index (χ1) is 16.1. The Hall–Kier alpha value is -3.42. The van der Waals surface area contributed by atoms with Crippen molar-refractivity contribution in [3.05, 3.63) is 95.3 Å². The van der Waals surface area contributed by atoms with Crippen LogP contribution in [0, 0.1) is 11.7 Å². The van der Waals surface area contributed by atoms with E-state index in [2.05, 4.69) is 10.9 Å². The third-order valence-electron chi connectivity index (χ3n) is 6.36. The van der Waals surface area contributed by atoms with Crippen LogP contribution in [-0.4, -0.2) is 19.3 Å². The average Bonchev–Trinajstić information content (AvgIpc) is 3.27. The van der Waals surface area contributed by atoms with Crippen LogP contribution >= 0.6 is 0 Å². The number of esters is 1. The fourth-order valence-corrected chi connectivity index (χ4v) is 4.64. The van der Waals surface area contributed by atoms with Crippen LogP contribution < -0.4 is 20.3 Å². The molecule has 0 spiro atoms. The molecular weight excluding hydrogens is 423 g/mol. The van der Waals surface area contributed by atoms with Gasteiger partial charge in [0.15, 0.2) is 6.23 Å². The van der Waals surface area contributed by atoms with E-state index in [1.807, 2.05) is 48.5 Å². The van der Waals surface area contributed by atoms with Gasteiger partial charge in [0.2, 0.25) is 0 Å². The molecule has 2 N–H and O–H groups in total. The van der Waals surface area contributed by atoms with Gasteiger partial charge in [-0.15, -0.1) is 0 Å². The highest BCUT2D eigenvalue weighted by atomic mass is 19.1. The highest BCUT2D eigenvalue weighted by molar-refractivity contribution is 5.72. The van der Waals surface area contributed by atoms with Gasteiger partial charge < -0.3 is 14.2 Å². The van der Waals surface area contributed by atoms with Crippen LogP contribution in [-0.2, 0) is 16.1 Å². The van der Waals surface area contributed by atoms with E-state index in [9.17, 15) is 9.18 Å². The van der Waals surface area contributed by atoms with Crippen molar-refractivity contribution < 1.29 is 23.4 Å². The van der Waals surface area contributed by atoms with E-state index in [0.29, 0.717) is 17.7 Å². The molecule has 0 aromatic heterocycles. The summed E-state index contributed by atoms with van der Waals surface area (Å²) in [6.07, 6.45) is -0.118. The second-order valence-electron chi connectivity index (χ2n) is 8.29. The lowest BCUT2D eigenvalue weighted by Gasteiger charge is -2.35. The van der Waals surface area contributed by atoms with Gasteiger partial charge in [0.25, 0.3) is 0 Å². The summed E-state index contributed by atoms with van der Waals surface area (Å²) in [5.41, 5.74) is 9.06. The fraction of sp³-hybridized carbons (Fsp3) is 0.269. The lowest BCUT2D eigenvalue weighted by molar-refractivity contribution is -0.160. The molecule has 2 heterocycles. The van der Waals surface area contributed by atoms with Gasteiger partial charge in [0.1, 0.15) is 23.9 Å². The molecule has 33 heavy (non-hydrogen) atoms. The molecule has 2 saturated heterocycles. The molecule has 3 aromatic rings. The largest absolute Gasteiger partial charge is 0.497 e. The Bertz CT molecular complexity index is 1120. The zero-order valence-corrected chi connectivity index (χ0v) is 18.2. The number of fused-ring (bicyclic) bond motifs is 1.